The lowest BCUT2D eigenvalue weighted by atomic mass is 10.1. The van der Waals surface area contributed by atoms with Crippen LogP contribution in [-0.2, 0) is 0 Å². The highest BCUT2D eigenvalue weighted by molar-refractivity contribution is 6.35. The fourth-order valence-electron chi connectivity index (χ4n) is 1.41. The van der Waals surface area contributed by atoms with Gasteiger partial charge in [-0.15, -0.1) is 0 Å². The molecule has 0 unspecified atom stereocenters. The van der Waals surface area contributed by atoms with Crippen molar-refractivity contribution in [2.24, 2.45) is 0 Å². The molecule has 1 aromatic carbocycles. The Labute approximate surface area is 114 Å². The van der Waals surface area contributed by atoms with Crippen molar-refractivity contribution in [3.05, 3.63) is 51.9 Å². The van der Waals surface area contributed by atoms with Crippen molar-refractivity contribution < 1.29 is 4.79 Å². The van der Waals surface area contributed by atoms with E-state index in [2.05, 4.69) is 15.3 Å². The van der Waals surface area contributed by atoms with Gasteiger partial charge in [0, 0.05) is 0 Å². The smallest absolute Gasteiger partial charge is 0.258 e. The largest absolute Gasteiger partial charge is 0.305 e. The van der Waals surface area contributed by atoms with Gasteiger partial charge in [0.2, 0.25) is 0 Å². The van der Waals surface area contributed by atoms with Gasteiger partial charge in [0.15, 0.2) is 5.82 Å². The van der Waals surface area contributed by atoms with Crippen LogP contribution < -0.4 is 5.32 Å². The molecule has 1 aromatic heterocycles. The Kier molecular flexibility index (Phi) is 3.79. The van der Waals surface area contributed by atoms with Crippen molar-refractivity contribution in [3.63, 3.8) is 0 Å². The molecule has 0 atom stereocenters. The molecule has 2 rings (SSSR count). The van der Waals surface area contributed by atoms with Gasteiger partial charge in [0.25, 0.3) is 5.91 Å². The first kappa shape index (κ1) is 12.8. The number of carbonyl (C=O) groups is 1. The number of aromatic nitrogens is 2. The highest BCUT2D eigenvalue weighted by Crippen LogP contribution is 2.21. The molecule has 1 heterocycles. The second-order valence-corrected chi connectivity index (χ2v) is 4.38. The predicted octanol–water partition coefficient (Wildman–Crippen LogP) is 3.34. The zero-order valence-electron chi connectivity index (χ0n) is 9.45. The zero-order chi connectivity index (χ0) is 13.1. The number of amides is 1. The molecule has 0 bridgehead atoms. The molecule has 0 aliphatic rings. The number of nitrogens with zero attached hydrogens (tertiary/aromatic N) is 2. The Bertz CT molecular complexity index is 602. The van der Waals surface area contributed by atoms with E-state index in [4.69, 9.17) is 23.2 Å². The van der Waals surface area contributed by atoms with Crippen LogP contribution in [0.3, 0.4) is 0 Å². The number of anilines is 1. The minimum atomic E-state index is -0.347. The van der Waals surface area contributed by atoms with Crippen molar-refractivity contribution in [2.75, 3.05) is 5.32 Å². The number of hydrogen-bond donors (Lipinski definition) is 1. The lowest BCUT2D eigenvalue weighted by molar-refractivity contribution is 0.102. The molecule has 1 N–H and O–H groups in total. The van der Waals surface area contributed by atoms with Crippen LogP contribution in [-0.4, -0.2) is 15.9 Å². The Hall–Kier alpha value is -1.65. The van der Waals surface area contributed by atoms with E-state index in [-0.39, 0.29) is 16.9 Å². The Morgan fingerprint density at radius 1 is 1.28 bits per heavy atom. The standard InChI is InChI=1S/C12H9Cl2N3O/c1-7-3-2-4-8(11(7)14)12(18)17-10-6-15-5-9(13)16-10/h2-6H,1H3,(H,16,17,18). The van der Waals surface area contributed by atoms with E-state index in [0.717, 1.165) is 5.56 Å². The summed E-state index contributed by atoms with van der Waals surface area (Å²) < 4.78 is 0. The molecular formula is C12H9Cl2N3O. The quantitative estimate of drug-likeness (QED) is 0.919. The number of hydrogen-bond acceptors (Lipinski definition) is 3. The van der Waals surface area contributed by atoms with Gasteiger partial charge >= 0.3 is 0 Å². The number of halogens is 2. The molecule has 4 nitrogen and oxygen atoms in total. The molecule has 0 aliphatic heterocycles. The third kappa shape index (κ3) is 2.78. The van der Waals surface area contributed by atoms with Crippen molar-refractivity contribution in [1.29, 1.82) is 0 Å². The number of benzene rings is 1. The molecule has 0 aliphatic carbocycles. The van der Waals surface area contributed by atoms with Gasteiger partial charge in [-0.25, -0.2) is 4.98 Å². The number of rotatable bonds is 2. The van der Waals surface area contributed by atoms with Gasteiger partial charge in [-0.2, -0.15) is 0 Å². The Balaban J connectivity index is 2.25. The Morgan fingerprint density at radius 2 is 2.06 bits per heavy atom. The summed E-state index contributed by atoms with van der Waals surface area (Å²) >= 11 is 11.7. The maximum atomic E-state index is 12.0. The van der Waals surface area contributed by atoms with E-state index < -0.39 is 0 Å². The molecular weight excluding hydrogens is 273 g/mol. The number of aryl methyl sites for hydroxylation is 1. The van der Waals surface area contributed by atoms with Gasteiger partial charge in [-0.3, -0.25) is 9.78 Å². The van der Waals surface area contributed by atoms with E-state index in [1.54, 1.807) is 12.1 Å². The third-order valence-corrected chi connectivity index (χ3v) is 2.97. The molecule has 92 valence electrons. The fourth-order valence-corrected chi connectivity index (χ4v) is 1.77. The first-order valence-corrected chi connectivity index (χ1v) is 5.87. The molecule has 2 aromatic rings. The summed E-state index contributed by atoms with van der Waals surface area (Å²) in [5, 5.41) is 3.22. The maximum Gasteiger partial charge on any atom is 0.258 e. The zero-order valence-corrected chi connectivity index (χ0v) is 11.0. The molecule has 18 heavy (non-hydrogen) atoms. The average molecular weight is 282 g/mol. The topological polar surface area (TPSA) is 54.9 Å². The van der Waals surface area contributed by atoms with Crippen molar-refractivity contribution >= 4 is 34.9 Å². The number of carbonyl (C=O) groups excluding carboxylic acids is 1. The maximum absolute atomic E-state index is 12.0. The predicted molar refractivity (Wildman–Crippen MR) is 71.2 cm³/mol. The molecule has 1 amide bonds. The summed E-state index contributed by atoms with van der Waals surface area (Å²) in [5.41, 5.74) is 1.22. The summed E-state index contributed by atoms with van der Waals surface area (Å²) in [5.74, 6) is -0.0645. The summed E-state index contributed by atoms with van der Waals surface area (Å²) in [6, 6.07) is 5.24. The lowest BCUT2D eigenvalue weighted by Gasteiger charge is -2.07. The second kappa shape index (κ2) is 5.33. The van der Waals surface area contributed by atoms with Gasteiger partial charge < -0.3 is 5.32 Å². The fraction of sp³-hybridized carbons (Fsp3) is 0.0833. The first-order valence-electron chi connectivity index (χ1n) is 5.12. The average Bonchev–Trinajstić information content (AvgIpc) is 2.32. The summed E-state index contributed by atoms with van der Waals surface area (Å²) in [4.78, 5) is 19.7. The van der Waals surface area contributed by atoms with Gasteiger partial charge in [0.05, 0.1) is 23.0 Å². The molecule has 0 saturated heterocycles. The molecule has 0 radical (unpaired) electrons. The van der Waals surface area contributed by atoms with E-state index >= 15 is 0 Å². The van der Waals surface area contributed by atoms with Crippen LogP contribution in [0.2, 0.25) is 10.2 Å². The summed E-state index contributed by atoms with van der Waals surface area (Å²) in [7, 11) is 0. The molecule has 0 fully saturated rings. The van der Waals surface area contributed by atoms with Crippen molar-refractivity contribution in [3.8, 4) is 0 Å². The number of nitrogens with one attached hydrogen (secondary N) is 1. The van der Waals surface area contributed by atoms with E-state index in [0.29, 0.717) is 10.6 Å². The minimum Gasteiger partial charge on any atom is -0.305 e. The molecule has 0 spiro atoms. The monoisotopic (exact) mass is 281 g/mol. The second-order valence-electron chi connectivity index (χ2n) is 3.62. The molecule has 6 heteroatoms. The highest BCUT2D eigenvalue weighted by atomic mass is 35.5. The van der Waals surface area contributed by atoms with E-state index in [1.165, 1.54) is 12.4 Å². The van der Waals surface area contributed by atoms with Gasteiger partial charge in [-0.1, -0.05) is 35.3 Å². The van der Waals surface area contributed by atoms with Crippen LogP contribution in [0.1, 0.15) is 15.9 Å². The summed E-state index contributed by atoms with van der Waals surface area (Å²) in [6.07, 6.45) is 2.80. The third-order valence-electron chi connectivity index (χ3n) is 2.28. The van der Waals surface area contributed by atoms with Crippen molar-refractivity contribution in [1.82, 2.24) is 9.97 Å². The van der Waals surface area contributed by atoms with Gasteiger partial charge in [0.1, 0.15) is 5.15 Å². The normalized spacial score (nSPS) is 10.2. The molecule has 0 saturated carbocycles. The Morgan fingerprint density at radius 3 is 2.78 bits per heavy atom. The minimum absolute atomic E-state index is 0.211. The van der Waals surface area contributed by atoms with Crippen LogP contribution in [0.25, 0.3) is 0 Å². The van der Waals surface area contributed by atoms with E-state index in [9.17, 15) is 4.79 Å². The highest BCUT2D eigenvalue weighted by Gasteiger charge is 2.12. The first-order chi connectivity index (χ1) is 8.58. The van der Waals surface area contributed by atoms with Crippen LogP contribution >= 0.6 is 23.2 Å². The van der Waals surface area contributed by atoms with Crippen LogP contribution in [0.4, 0.5) is 5.82 Å². The summed E-state index contributed by atoms with van der Waals surface area (Å²) in [6.45, 7) is 1.83. The van der Waals surface area contributed by atoms with Crippen LogP contribution in [0.15, 0.2) is 30.6 Å². The van der Waals surface area contributed by atoms with E-state index in [1.807, 2.05) is 13.0 Å². The van der Waals surface area contributed by atoms with Crippen LogP contribution in [0, 0.1) is 6.92 Å². The van der Waals surface area contributed by atoms with Gasteiger partial charge in [-0.05, 0) is 18.6 Å². The lowest BCUT2D eigenvalue weighted by Crippen LogP contribution is -2.14. The van der Waals surface area contributed by atoms with Crippen LogP contribution in [0.5, 0.6) is 0 Å². The van der Waals surface area contributed by atoms with Crippen molar-refractivity contribution in [2.45, 2.75) is 6.92 Å². The SMILES string of the molecule is Cc1cccc(C(=O)Nc2cncc(Cl)n2)c1Cl.